The molecule has 0 radical (unpaired) electrons. The minimum absolute atomic E-state index is 0.0773. The molecule has 2 unspecified atom stereocenters. The highest BCUT2D eigenvalue weighted by Gasteiger charge is 2.51. The number of nitrogens with two attached hydrogens (primary N) is 2. The lowest BCUT2D eigenvalue weighted by Gasteiger charge is -2.25. The van der Waals surface area contributed by atoms with Crippen molar-refractivity contribution in [3.63, 3.8) is 0 Å². The van der Waals surface area contributed by atoms with E-state index in [2.05, 4.69) is 20.0 Å². The molecule has 0 aliphatic carbocycles. The lowest BCUT2D eigenvalue weighted by molar-refractivity contribution is -0.130. The Labute approximate surface area is 271 Å². The number of benzene rings is 3. The Kier molecular flexibility index (Phi) is 8.00. The van der Waals surface area contributed by atoms with E-state index in [0.29, 0.717) is 29.0 Å². The van der Waals surface area contributed by atoms with Crippen molar-refractivity contribution in [1.82, 2.24) is 19.8 Å². The topological polar surface area (TPSA) is 178 Å². The molecule has 2 atom stereocenters. The largest absolute Gasteiger partial charge is 0.508 e. The van der Waals surface area contributed by atoms with Gasteiger partial charge in [-0.25, -0.2) is 9.98 Å². The molecule has 7 N–H and O–H groups in total. The average molecular weight is 631 g/mol. The molecule has 2 aromatic heterocycles. The molecule has 2 aliphatic heterocycles. The lowest BCUT2D eigenvalue weighted by atomic mass is 9.84. The molecule has 5 aromatic rings. The van der Waals surface area contributed by atoms with Gasteiger partial charge < -0.3 is 31.3 Å². The number of H-pyrrole nitrogens is 2. The Hall–Kier alpha value is -6.30. The third kappa shape index (κ3) is 5.35. The van der Waals surface area contributed by atoms with Gasteiger partial charge in [0.25, 0.3) is 11.8 Å². The van der Waals surface area contributed by atoms with Gasteiger partial charge in [0.15, 0.2) is 23.0 Å². The van der Waals surface area contributed by atoms with Crippen LogP contribution in [0, 0.1) is 0 Å². The van der Waals surface area contributed by atoms with Crippen molar-refractivity contribution in [3.8, 4) is 11.5 Å². The van der Waals surface area contributed by atoms with E-state index in [0.717, 1.165) is 11.1 Å². The molecule has 7 rings (SSSR count). The van der Waals surface area contributed by atoms with Gasteiger partial charge in [0.05, 0.1) is 0 Å². The normalized spacial score (nSPS) is 20.5. The number of phenols is 1. The van der Waals surface area contributed by atoms with E-state index >= 15 is 0 Å². The summed E-state index contributed by atoms with van der Waals surface area (Å²) in [6.07, 6.45) is 6.96. The van der Waals surface area contributed by atoms with Crippen LogP contribution in [0.15, 0.2) is 126 Å². The van der Waals surface area contributed by atoms with Crippen LogP contribution >= 0.6 is 0 Å². The molecule has 0 bridgehead atoms. The first-order valence-electron chi connectivity index (χ1n) is 14.8. The van der Waals surface area contributed by atoms with E-state index in [1.807, 2.05) is 60.7 Å². The third-order valence-electron chi connectivity index (χ3n) is 8.28. The third-order valence-corrected chi connectivity index (χ3v) is 8.28. The smallest absolute Gasteiger partial charge is 0.266 e. The Bertz CT molecular complexity index is 1960. The fourth-order valence-electron chi connectivity index (χ4n) is 5.75. The van der Waals surface area contributed by atoms with Gasteiger partial charge in [-0.05, 0) is 53.1 Å². The average Bonchev–Trinajstić information content (AvgIpc) is 3.90. The van der Waals surface area contributed by atoms with Gasteiger partial charge in [0.2, 0.25) is 0 Å². The van der Waals surface area contributed by atoms with Crippen molar-refractivity contribution in [2.45, 2.75) is 17.7 Å². The predicted octanol–water partition coefficient (Wildman–Crippen LogP) is 3.37. The first kappa shape index (κ1) is 30.7. The van der Waals surface area contributed by atoms with Crippen LogP contribution in [-0.2, 0) is 27.3 Å². The first-order valence-corrected chi connectivity index (χ1v) is 14.8. The van der Waals surface area contributed by atoms with Crippen LogP contribution in [-0.4, -0.2) is 62.7 Å². The number of nitrogens with zero attached hydrogens (tertiary/aromatic N) is 4. The summed E-state index contributed by atoms with van der Waals surface area (Å²) < 4.78 is 5.93. The number of phenolic OH excluding ortho intramolecular Hbond substituents is 1. The molecule has 0 saturated carbocycles. The van der Waals surface area contributed by atoms with Crippen LogP contribution in [0.25, 0.3) is 0 Å². The van der Waals surface area contributed by atoms with Crippen LogP contribution in [0.5, 0.6) is 11.5 Å². The number of aromatic hydroxyl groups is 1. The number of aromatic amines is 2. The summed E-state index contributed by atoms with van der Waals surface area (Å²) >= 11 is 0. The van der Waals surface area contributed by atoms with Crippen molar-refractivity contribution in [2.75, 3.05) is 14.1 Å². The standard InChI is InChI=1S/C21H20N4O2.C14H14N4O2/c1-25-19(26)21(24-20(25)22,17-10-11-23-13-17)16-8-5-9-18(12-16)27-14-15-6-3-2-4-7-15;1-18-12(20)14(17-13(18)15,10-5-6-16-8-10)9-3-2-4-11(19)7-9/h2-13,23H,14H2,1H3,(H2,22,24);2-8,16,19H,1H3,(H2,15,17). The number of guanidine groups is 2. The number of amides is 2. The summed E-state index contributed by atoms with van der Waals surface area (Å²) in [5.41, 5.74) is 13.1. The van der Waals surface area contributed by atoms with Crippen molar-refractivity contribution >= 4 is 23.7 Å². The number of rotatable bonds is 7. The molecule has 2 amide bonds. The number of carbonyl (C=O) groups excluding carboxylic acids is 2. The number of hydrogen-bond donors (Lipinski definition) is 5. The van der Waals surface area contributed by atoms with Gasteiger partial charge in [-0.15, -0.1) is 0 Å². The minimum Gasteiger partial charge on any atom is -0.508 e. The molecule has 0 spiro atoms. The highest BCUT2D eigenvalue weighted by atomic mass is 16.5. The van der Waals surface area contributed by atoms with Gasteiger partial charge >= 0.3 is 0 Å². The van der Waals surface area contributed by atoms with E-state index < -0.39 is 11.1 Å². The number of aromatic nitrogens is 2. The van der Waals surface area contributed by atoms with Crippen molar-refractivity contribution in [1.29, 1.82) is 0 Å². The molecule has 2 aliphatic rings. The Morgan fingerprint density at radius 3 is 1.70 bits per heavy atom. The maximum Gasteiger partial charge on any atom is 0.266 e. The molecule has 0 saturated heterocycles. The molecule has 0 fully saturated rings. The summed E-state index contributed by atoms with van der Waals surface area (Å²) in [7, 11) is 3.21. The van der Waals surface area contributed by atoms with Gasteiger partial charge in [-0.1, -0.05) is 54.6 Å². The maximum atomic E-state index is 13.1. The summed E-state index contributed by atoms with van der Waals surface area (Å²) in [5.74, 6) is 0.646. The highest BCUT2D eigenvalue weighted by molar-refractivity contribution is 6.09. The molecular weight excluding hydrogens is 596 g/mol. The fourth-order valence-corrected chi connectivity index (χ4v) is 5.75. The lowest BCUT2D eigenvalue weighted by Crippen LogP contribution is -2.40. The fraction of sp³-hybridized carbons (Fsp3) is 0.143. The summed E-state index contributed by atoms with van der Waals surface area (Å²) in [4.78, 5) is 43.3. The predicted molar refractivity (Wildman–Crippen MR) is 177 cm³/mol. The van der Waals surface area contributed by atoms with E-state index in [9.17, 15) is 14.7 Å². The van der Waals surface area contributed by atoms with Gasteiger partial charge in [-0.3, -0.25) is 19.4 Å². The first-order chi connectivity index (χ1) is 22.7. The van der Waals surface area contributed by atoms with Crippen molar-refractivity contribution < 1.29 is 19.4 Å². The number of nitrogens with one attached hydrogen (secondary N) is 2. The minimum atomic E-state index is -1.24. The van der Waals surface area contributed by atoms with Gasteiger partial charge in [0.1, 0.15) is 18.1 Å². The zero-order valence-electron chi connectivity index (χ0n) is 25.8. The highest BCUT2D eigenvalue weighted by Crippen LogP contribution is 2.41. The second-order valence-electron chi connectivity index (χ2n) is 11.1. The Morgan fingerprint density at radius 1 is 0.702 bits per heavy atom. The quantitative estimate of drug-likeness (QED) is 0.184. The monoisotopic (exact) mass is 630 g/mol. The molecule has 12 heteroatoms. The number of aliphatic imine (C=N–C) groups is 2. The second-order valence-corrected chi connectivity index (χ2v) is 11.1. The van der Waals surface area contributed by atoms with E-state index in [4.69, 9.17) is 16.2 Å². The van der Waals surface area contributed by atoms with Crippen LogP contribution in [0.3, 0.4) is 0 Å². The second kappa shape index (κ2) is 12.2. The summed E-state index contributed by atoms with van der Waals surface area (Å²) in [6, 6.07) is 27.5. The van der Waals surface area contributed by atoms with Gasteiger partial charge in [-0.2, -0.15) is 0 Å². The zero-order valence-corrected chi connectivity index (χ0v) is 25.8. The molecule has 47 heavy (non-hydrogen) atoms. The molecule has 3 aromatic carbocycles. The Balaban J connectivity index is 0.000000172. The molecule has 4 heterocycles. The molecular formula is C35H34N8O4. The van der Waals surface area contributed by atoms with E-state index in [-0.39, 0.29) is 29.5 Å². The number of hydrogen-bond acceptors (Lipinski definition) is 8. The number of ether oxygens (including phenoxy) is 1. The zero-order chi connectivity index (χ0) is 33.2. The van der Waals surface area contributed by atoms with E-state index in [1.54, 1.807) is 63.1 Å². The van der Waals surface area contributed by atoms with E-state index in [1.165, 1.54) is 15.9 Å². The number of carbonyl (C=O) groups is 2. The molecule has 238 valence electrons. The Morgan fingerprint density at radius 2 is 1.23 bits per heavy atom. The SMILES string of the molecule is CN1C(=O)C(c2cc[nH]c2)(c2cccc(O)c2)N=C1N.CN1C(=O)C(c2cc[nH]c2)(c2cccc(OCc3ccccc3)c2)N=C1N. The summed E-state index contributed by atoms with van der Waals surface area (Å²) in [6.45, 7) is 0.445. The van der Waals surface area contributed by atoms with Crippen molar-refractivity contribution in [3.05, 3.63) is 144 Å². The van der Waals surface area contributed by atoms with Gasteiger partial charge in [0, 0.05) is 50.0 Å². The maximum absolute atomic E-state index is 13.1. The van der Waals surface area contributed by atoms with Crippen LogP contribution in [0.1, 0.15) is 27.8 Å². The molecule has 12 nitrogen and oxygen atoms in total. The van der Waals surface area contributed by atoms with Crippen molar-refractivity contribution in [2.24, 2.45) is 21.5 Å². The summed E-state index contributed by atoms with van der Waals surface area (Å²) in [5, 5.41) is 9.69. The van der Waals surface area contributed by atoms with Crippen LogP contribution < -0.4 is 16.2 Å². The number of likely N-dealkylation sites (N-methyl/N-ethyl adjacent to an activating group) is 2. The van der Waals surface area contributed by atoms with Crippen LogP contribution in [0.2, 0.25) is 0 Å². The van der Waals surface area contributed by atoms with Crippen LogP contribution in [0.4, 0.5) is 0 Å².